The van der Waals surface area contributed by atoms with Crippen LogP contribution in [0.3, 0.4) is 0 Å². The van der Waals surface area contributed by atoms with Gasteiger partial charge in [0.15, 0.2) is 0 Å². The lowest BCUT2D eigenvalue weighted by molar-refractivity contribution is -0.147. The van der Waals surface area contributed by atoms with Gasteiger partial charge in [-0.25, -0.2) is 9.59 Å². The molecule has 1 fully saturated rings. The van der Waals surface area contributed by atoms with E-state index in [2.05, 4.69) is 5.10 Å². The predicted octanol–water partition coefficient (Wildman–Crippen LogP) is 3.97. The third kappa shape index (κ3) is 3.57. The first-order valence-corrected chi connectivity index (χ1v) is 9.73. The van der Waals surface area contributed by atoms with E-state index in [-0.39, 0.29) is 6.10 Å². The van der Waals surface area contributed by atoms with Crippen molar-refractivity contribution in [1.29, 1.82) is 0 Å². The summed E-state index contributed by atoms with van der Waals surface area (Å²) in [6.45, 7) is 4.25. The molecule has 1 aromatic carbocycles. The number of thiophene rings is 1. The minimum absolute atomic E-state index is 0.229. The molecule has 140 valence electrons. The number of aromatic nitrogens is 2. The number of halogens is 1. The van der Waals surface area contributed by atoms with Crippen LogP contribution in [0.5, 0.6) is 0 Å². The Kier molecular flexibility index (Phi) is 4.65. The fraction of sp³-hybridized carbons (Fsp3) is 0.316. The highest BCUT2D eigenvalue weighted by atomic mass is 35.5. The van der Waals surface area contributed by atoms with Crippen molar-refractivity contribution < 1.29 is 19.1 Å². The third-order valence-electron chi connectivity index (χ3n) is 4.43. The first-order chi connectivity index (χ1) is 12.9. The van der Waals surface area contributed by atoms with E-state index in [9.17, 15) is 9.59 Å². The van der Waals surface area contributed by atoms with Gasteiger partial charge in [-0.2, -0.15) is 5.10 Å². The molecule has 0 spiro atoms. The lowest BCUT2D eigenvalue weighted by Crippen LogP contribution is -2.22. The highest BCUT2D eigenvalue weighted by Crippen LogP contribution is 2.30. The van der Waals surface area contributed by atoms with Gasteiger partial charge in [0.2, 0.25) is 6.10 Å². The maximum absolute atomic E-state index is 12.5. The SMILES string of the molecule is Cc1nn(Cc2ccc(Cl)cc2)c2sc(C(=O)OC3CC(C)OC3=O)cc12. The molecule has 0 amide bonds. The summed E-state index contributed by atoms with van der Waals surface area (Å²) in [6.07, 6.45) is -0.670. The highest BCUT2D eigenvalue weighted by Gasteiger charge is 2.35. The fourth-order valence-corrected chi connectivity index (χ4v) is 4.26. The first-order valence-electron chi connectivity index (χ1n) is 8.53. The maximum atomic E-state index is 12.5. The van der Waals surface area contributed by atoms with Crippen molar-refractivity contribution in [3.05, 3.63) is 51.5 Å². The fourth-order valence-electron chi connectivity index (χ4n) is 3.09. The summed E-state index contributed by atoms with van der Waals surface area (Å²) in [7, 11) is 0. The number of carbonyl (C=O) groups is 2. The Morgan fingerprint density at radius 3 is 2.81 bits per heavy atom. The number of cyclic esters (lactones) is 1. The molecule has 2 unspecified atom stereocenters. The first kappa shape index (κ1) is 18.0. The molecule has 0 aliphatic carbocycles. The number of benzene rings is 1. The van der Waals surface area contributed by atoms with Crippen LogP contribution in [0, 0.1) is 6.92 Å². The van der Waals surface area contributed by atoms with Crippen molar-refractivity contribution in [3.63, 3.8) is 0 Å². The quantitative estimate of drug-likeness (QED) is 0.615. The van der Waals surface area contributed by atoms with Crippen LogP contribution in [-0.2, 0) is 20.8 Å². The lowest BCUT2D eigenvalue weighted by Gasteiger charge is -2.06. The van der Waals surface area contributed by atoms with Gasteiger partial charge in [-0.15, -0.1) is 11.3 Å². The van der Waals surface area contributed by atoms with E-state index in [1.807, 2.05) is 35.9 Å². The summed E-state index contributed by atoms with van der Waals surface area (Å²) < 4.78 is 12.2. The second-order valence-electron chi connectivity index (χ2n) is 6.58. The molecule has 0 bridgehead atoms. The normalized spacial score (nSPS) is 19.4. The molecule has 27 heavy (non-hydrogen) atoms. The largest absolute Gasteiger partial charge is 0.460 e. The van der Waals surface area contributed by atoms with E-state index in [1.54, 1.807) is 13.0 Å². The number of fused-ring (bicyclic) bond motifs is 1. The minimum atomic E-state index is -0.829. The number of aryl methyl sites for hydroxylation is 1. The molecule has 3 aromatic rings. The van der Waals surface area contributed by atoms with Crippen molar-refractivity contribution in [1.82, 2.24) is 9.78 Å². The average molecular weight is 405 g/mol. The van der Waals surface area contributed by atoms with Crippen LogP contribution >= 0.6 is 22.9 Å². The Morgan fingerprint density at radius 2 is 2.15 bits per heavy atom. The van der Waals surface area contributed by atoms with Gasteiger partial charge >= 0.3 is 11.9 Å². The number of rotatable bonds is 4. The molecule has 1 aliphatic heterocycles. The van der Waals surface area contributed by atoms with E-state index in [0.29, 0.717) is 22.9 Å². The van der Waals surface area contributed by atoms with E-state index in [1.165, 1.54) is 11.3 Å². The standard InChI is InChI=1S/C19H17ClN2O4S/c1-10-7-15(18(23)25-10)26-19(24)16-8-14-11(2)21-22(17(14)27-16)9-12-3-5-13(20)6-4-12/h3-6,8,10,15H,7,9H2,1-2H3. The summed E-state index contributed by atoms with van der Waals surface area (Å²) in [5, 5.41) is 6.15. The smallest absolute Gasteiger partial charge is 0.349 e. The summed E-state index contributed by atoms with van der Waals surface area (Å²) in [5.41, 5.74) is 1.90. The zero-order chi connectivity index (χ0) is 19.1. The number of esters is 2. The lowest BCUT2D eigenvalue weighted by atomic mass is 10.2. The van der Waals surface area contributed by atoms with Crippen LogP contribution in [0.1, 0.15) is 34.3 Å². The summed E-state index contributed by atoms with van der Waals surface area (Å²) in [6, 6.07) is 9.33. The summed E-state index contributed by atoms with van der Waals surface area (Å²) >= 11 is 7.24. The number of ether oxygens (including phenoxy) is 2. The molecule has 2 atom stereocenters. The number of hydrogen-bond acceptors (Lipinski definition) is 6. The molecule has 6 nitrogen and oxygen atoms in total. The van der Waals surface area contributed by atoms with E-state index >= 15 is 0 Å². The molecule has 1 saturated heterocycles. The van der Waals surface area contributed by atoms with Gasteiger partial charge in [-0.3, -0.25) is 4.68 Å². The van der Waals surface area contributed by atoms with Crippen LogP contribution in [0.15, 0.2) is 30.3 Å². The van der Waals surface area contributed by atoms with Crippen molar-refractivity contribution in [2.75, 3.05) is 0 Å². The van der Waals surface area contributed by atoms with Gasteiger partial charge in [0.1, 0.15) is 15.8 Å². The van der Waals surface area contributed by atoms with Crippen molar-refractivity contribution in [2.24, 2.45) is 0 Å². The number of nitrogens with zero attached hydrogens (tertiary/aromatic N) is 2. The van der Waals surface area contributed by atoms with E-state index in [4.69, 9.17) is 21.1 Å². The van der Waals surface area contributed by atoms with E-state index in [0.717, 1.165) is 21.5 Å². The van der Waals surface area contributed by atoms with Gasteiger partial charge in [0.05, 0.1) is 12.2 Å². The molecule has 0 radical (unpaired) electrons. The Bertz CT molecular complexity index is 1020. The third-order valence-corrected chi connectivity index (χ3v) is 5.81. The molecule has 1 aliphatic rings. The minimum Gasteiger partial charge on any atom is -0.460 e. The van der Waals surface area contributed by atoms with Crippen molar-refractivity contribution >= 4 is 45.1 Å². The molecular formula is C19H17ClN2O4S. The van der Waals surface area contributed by atoms with Crippen LogP contribution in [0.25, 0.3) is 10.2 Å². The Labute approximate surface area is 164 Å². The van der Waals surface area contributed by atoms with Crippen LogP contribution < -0.4 is 0 Å². The van der Waals surface area contributed by atoms with Crippen molar-refractivity contribution in [2.45, 2.75) is 39.0 Å². The van der Waals surface area contributed by atoms with Crippen LogP contribution in [0.4, 0.5) is 0 Å². The number of carbonyl (C=O) groups excluding carboxylic acids is 2. The predicted molar refractivity (Wildman–Crippen MR) is 102 cm³/mol. The molecule has 2 aromatic heterocycles. The zero-order valence-electron chi connectivity index (χ0n) is 14.8. The molecule has 3 heterocycles. The highest BCUT2D eigenvalue weighted by molar-refractivity contribution is 7.20. The van der Waals surface area contributed by atoms with Crippen LogP contribution in [0.2, 0.25) is 5.02 Å². The maximum Gasteiger partial charge on any atom is 0.349 e. The van der Waals surface area contributed by atoms with Gasteiger partial charge in [-0.05, 0) is 37.6 Å². The molecule has 8 heteroatoms. The van der Waals surface area contributed by atoms with E-state index < -0.39 is 18.0 Å². The second kappa shape index (κ2) is 6.98. The number of hydrogen-bond donors (Lipinski definition) is 0. The van der Waals surface area contributed by atoms with Gasteiger partial charge in [-0.1, -0.05) is 23.7 Å². The molecular weight excluding hydrogens is 388 g/mol. The zero-order valence-corrected chi connectivity index (χ0v) is 16.3. The molecule has 0 N–H and O–H groups in total. The van der Waals surface area contributed by atoms with Crippen LogP contribution in [-0.4, -0.2) is 33.9 Å². The Hall–Kier alpha value is -2.38. The van der Waals surface area contributed by atoms with Gasteiger partial charge in [0, 0.05) is 16.8 Å². The van der Waals surface area contributed by atoms with Crippen molar-refractivity contribution in [3.8, 4) is 0 Å². The summed E-state index contributed by atoms with van der Waals surface area (Å²) in [4.78, 5) is 25.5. The molecule has 4 rings (SSSR count). The van der Waals surface area contributed by atoms with Gasteiger partial charge in [0.25, 0.3) is 0 Å². The second-order valence-corrected chi connectivity index (χ2v) is 8.04. The monoisotopic (exact) mass is 404 g/mol. The molecule has 0 saturated carbocycles. The Morgan fingerprint density at radius 1 is 1.41 bits per heavy atom. The Balaban J connectivity index is 1.57. The average Bonchev–Trinajstić information content (AvgIpc) is 3.27. The van der Waals surface area contributed by atoms with Gasteiger partial charge < -0.3 is 9.47 Å². The topological polar surface area (TPSA) is 70.4 Å². The summed E-state index contributed by atoms with van der Waals surface area (Å²) in [5.74, 6) is -0.994.